The number of rotatable bonds is 6. The van der Waals surface area contributed by atoms with E-state index in [0.29, 0.717) is 18.3 Å². The van der Waals surface area contributed by atoms with Gasteiger partial charge in [-0.1, -0.05) is 44.4 Å². The third kappa shape index (κ3) is 3.99. The number of carboxylic acid groups (broad SMARTS) is 1. The van der Waals surface area contributed by atoms with E-state index in [1.165, 1.54) is 12.8 Å². The van der Waals surface area contributed by atoms with Gasteiger partial charge >= 0.3 is 5.97 Å². The zero-order valence-electron chi connectivity index (χ0n) is 13.0. The van der Waals surface area contributed by atoms with E-state index >= 15 is 0 Å². The van der Waals surface area contributed by atoms with Crippen molar-refractivity contribution in [2.75, 3.05) is 7.11 Å². The molecule has 21 heavy (non-hydrogen) atoms. The number of para-hydroxylation sites is 1. The maximum atomic E-state index is 11.8. The van der Waals surface area contributed by atoms with Gasteiger partial charge in [0, 0.05) is 0 Å². The van der Waals surface area contributed by atoms with Gasteiger partial charge in [-0.05, 0) is 42.7 Å². The highest BCUT2D eigenvalue weighted by Crippen LogP contribution is 2.37. The van der Waals surface area contributed by atoms with Gasteiger partial charge in [-0.15, -0.1) is 0 Å². The van der Waals surface area contributed by atoms with Crippen molar-refractivity contribution < 1.29 is 14.6 Å². The number of ether oxygens (including phenoxy) is 1. The van der Waals surface area contributed by atoms with Crippen molar-refractivity contribution in [3.63, 3.8) is 0 Å². The first-order chi connectivity index (χ1) is 10.2. The fourth-order valence-electron chi connectivity index (χ4n) is 3.63. The summed E-state index contributed by atoms with van der Waals surface area (Å²) >= 11 is 0. The molecule has 1 saturated carbocycles. The molecule has 0 bridgehead atoms. The van der Waals surface area contributed by atoms with Crippen molar-refractivity contribution in [2.24, 2.45) is 17.8 Å². The smallest absolute Gasteiger partial charge is 0.307 e. The molecule has 0 amide bonds. The van der Waals surface area contributed by atoms with Crippen LogP contribution in [0.5, 0.6) is 5.75 Å². The molecule has 0 heterocycles. The van der Waals surface area contributed by atoms with Crippen molar-refractivity contribution in [1.82, 2.24) is 0 Å². The molecule has 3 unspecified atom stereocenters. The Morgan fingerprint density at radius 1 is 1.38 bits per heavy atom. The van der Waals surface area contributed by atoms with Crippen LogP contribution in [0.25, 0.3) is 0 Å². The second kappa shape index (κ2) is 7.48. The monoisotopic (exact) mass is 290 g/mol. The van der Waals surface area contributed by atoms with Gasteiger partial charge in [-0.25, -0.2) is 0 Å². The Balaban J connectivity index is 2.14. The zero-order valence-corrected chi connectivity index (χ0v) is 13.0. The summed E-state index contributed by atoms with van der Waals surface area (Å²) in [6, 6.07) is 7.76. The molecule has 1 aromatic carbocycles. The van der Waals surface area contributed by atoms with E-state index in [9.17, 15) is 9.90 Å². The van der Waals surface area contributed by atoms with E-state index in [1.807, 2.05) is 24.3 Å². The minimum atomic E-state index is -0.664. The summed E-state index contributed by atoms with van der Waals surface area (Å²) in [4.78, 5) is 11.8. The second-order valence-electron chi connectivity index (χ2n) is 6.16. The molecule has 1 N–H and O–H groups in total. The van der Waals surface area contributed by atoms with Gasteiger partial charge in [0.1, 0.15) is 5.75 Å². The van der Waals surface area contributed by atoms with Gasteiger partial charge in [0.15, 0.2) is 0 Å². The molecule has 1 aliphatic carbocycles. The zero-order chi connectivity index (χ0) is 15.2. The van der Waals surface area contributed by atoms with E-state index in [1.54, 1.807) is 7.11 Å². The SMILES string of the molecule is CCC1CCCC(C(Cc2ccccc2OC)C(=O)O)C1. The molecule has 0 aromatic heterocycles. The van der Waals surface area contributed by atoms with Crippen LogP contribution >= 0.6 is 0 Å². The quantitative estimate of drug-likeness (QED) is 0.856. The minimum absolute atomic E-state index is 0.296. The van der Waals surface area contributed by atoms with E-state index < -0.39 is 5.97 Å². The highest BCUT2D eigenvalue weighted by molar-refractivity contribution is 5.71. The van der Waals surface area contributed by atoms with Crippen molar-refractivity contribution in [3.05, 3.63) is 29.8 Å². The van der Waals surface area contributed by atoms with Crippen molar-refractivity contribution in [2.45, 2.75) is 45.4 Å². The fourth-order valence-corrected chi connectivity index (χ4v) is 3.63. The Hall–Kier alpha value is -1.51. The largest absolute Gasteiger partial charge is 0.496 e. The summed E-state index contributed by atoms with van der Waals surface area (Å²) in [7, 11) is 1.64. The number of methoxy groups -OCH3 is 1. The van der Waals surface area contributed by atoms with Crippen LogP contribution in [-0.2, 0) is 11.2 Å². The third-order valence-corrected chi connectivity index (χ3v) is 4.92. The number of carboxylic acids is 1. The molecule has 0 spiro atoms. The molecule has 0 radical (unpaired) electrons. The third-order valence-electron chi connectivity index (χ3n) is 4.92. The summed E-state index contributed by atoms with van der Waals surface area (Å²) in [5, 5.41) is 9.67. The molecule has 3 nitrogen and oxygen atoms in total. The highest BCUT2D eigenvalue weighted by atomic mass is 16.5. The predicted molar refractivity (Wildman–Crippen MR) is 83.6 cm³/mol. The summed E-state index contributed by atoms with van der Waals surface area (Å²) in [5.41, 5.74) is 1.01. The molecular formula is C18H26O3. The first-order valence-electron chi connectivity index (χ1n) is 8.00. The normalized spacial score (nSPS) is 23.5. The maximum absolute atomic E-state index is 11.8. The van der Waals surface area contributed by atoms with Crippen molar-refractivity contribution >= 4 is 5.97 Å². The minimum Gasteiger partial charge on any atom is -0.496 e. The molecule has 3 atom stereocenters. The van der Waals surface area contributed by atoms with Crippen LogP contribution in [0.3, 0.4) is 0 Å². The topological polar surface area (TPSA) is 46.5 Å². The molecule has 1 fully saturated rings. The van der Waals surface area contributed by atoms with Crippen LogP contribution in [0.1, 0.15) is 44.6 Å². The lowest BCUT2D eigenvalue weighted by Crippen LogP contribution is -2.30. The summed E-state index contributed by atoms with van der Waals surface area (Å²) < 4.78 is 5.36. The van der Waals surface area contributed by atoms with E-state index in [0.717, 1.165) is 30.6 Å². The Morgan fingerprint density at radius 2 is 2.14 bits per heavy atom. The average molecular weight is 290 g/mol. The van der Waals surface area contributed by atoms with Gasteiger partial charge in [0.05, 0.1) is 13.0 Å². The molecule has 0 saturated heterocycles. The molecule has 3 heteroatoms. The van der Waals surface area contributed by atoms with Crippen LogP contribution in [0.2, 0.25) is 0 Å². The van der Waals surface area contributed by atoms with Gasteiger partial charge in [0.2, 0.25) is 0 Å². The second-order valence-corrected chi connectivity index (χ2v) is 6.16. The standard InChI is InChI=1S/C18H26O3/c1-3-13-7-6-9-14(11-13)16(18(19)20)12-15-8-4-5-10-17(15)21-2/h4-5,8,10,13-14,16H,3,6-7,9,11-12H2,1-2H3,(H,19,20). The van der Waals surface area contributed by atoms with Crippen molar-refractivity contribution in [3.8, 4) is 5.75 Å². The molecule has 116 valence electrons. The van der Waals surface area contributed by atoms with Crippen molar-refractivity contribution in [1.29, 1.82) is 0 Å². The Bertz CT molecular complexity index is 469. The number of benzene rings is 1. The van der Waals surface area contributed by atoms with Crippen LogP contribution < -0.4 is 4.74 Å². The highest BCUT2D eigenvalue weighted by Gasteiger charge is 2.32. The number of carbonyl (C=O) groups is 1. The summed E-state index contributed by atoms with van der Waals surface area (Å²) in [6.45, 7) is 2.21. The first kappa shape index (κ1) is 15.9. The lowest BCUT2D eigenvalue weighted by molar-refractivity contribution is -0.144. The van der Waals surface area contributed by atoms with Gasteiger partial charge in [0.25, 0.3) is 0 Å². The van der Waals surface area contributed by atoms with Gasteiger partial charge in [-0.3, -0.25) is 4.79 Å². The number of hydrogen-bond donors (Lipinski definition) is 1. The van der Waals surface area contributed by atoms with Gasteiger partial charge < -0.3 is 9.84 Å². The average Bonchev–Trinajstić information content (AvgIpc) is 2.52. The Morgan fingerprint density at radius 3 is 2.81 bits per heavy atom. The molecule has 0 aliphatic heterocycles. The van der Waals surface area contributed by atoms with E-state index in [-0.39, 0.29) is 5.92 Å². The summed E-state index contributed by atoms with van der Waals surface area (Å²) in [5.74, 6) is 0.833. The van der Waals surface area contributed by atoms with Gasteiger partial charge in [-0.2, -0.15) is 0 Å². The predicted octanol–water partition coefficient (Wildman–Crippen LogP) is 4.15. The maximum Gasteiger partial charge on any atom is 0.307 e. The summed E-state index contributed by atoms with van der Waals surface area (Å²) in [6.07, 6.45) is 6.26. The van der Waals surface area contributed by atoms with Crippen LogP contribution in [0, 0.1) is 17.8 Å². The molecule has 2 rings (SSSR count). The van der Waals surface area contributed by atoms with E-state index in [4.69, 9.17) is 4.74 Å². The Labute approximate surface area is 127 Å². The first-order valence-corrected chi connectivity index (χ1v) is 8.00. The Kier molecular flexibility index (Phi) is 5.66. The molecule has 1 aromatic rings. The number of aliphatic carboxylic acids is 1. The molecular weight excluding hydrogens is 264 g/mol. The lowest BCUT2D eigenvalue weighted by Gasteiger charge is -2.32. The van der Waals surface area contributed by atoms with Crippen LogP contribution in [-0.4, -0.2) is 18.2 Å². The fraction of sp³-hybridized carbons (Fsp3) is 0.611. The number of hydrogen-bond acceptors (Lipinski definition) is 2. The van der Waals surface area contributed by atoms with E-state index in [2.05, 4.69) is 6.92 Å². The molecule has 1 aliphatic rings. The lowest BCUT2D eigenvalue weighted by atomic mass is 9.72. The van der Waals surface area contributed by atoms with Crippen LogP contribution in [0.4, 0.5) is 0 Å². The van der Waals surface area contributed by atoms with Crippen LogP contribution in [0.15, 0.2) is 24.3 Å².